The Hall–Kier alpha value is 1.81. The first kappa shape index (κ1) is 13.4. The van der Waals surface area contributed by atoms with Gasteiger partial charge in [0.1, 0.15) is 0 Å². The van der Waals surface area contributed by atoms with E-state index < -0.39 is 8.24 Å². The Bertz CT molecular complexity index is 55.8. The normalized spacial score (nSPS) is 10.7. The average Bonchev–Trinajstić information content (AvgIpc) is 1.87. The molecule has 0 rings (SSSR count). The second-order valence-electron chi connectivity index (χ2n) is 2.34. The Morgan fingerprint density at radius 3 is 1.22 bits per heavy atom. The average molecular weight is 169 g/mol. The molecule has 0 aliphatic rings. The molecule has 0 aliphatic carbocycles. The first-order valence-electron chi connectivity index (χ1n) is 3.43. The predicted octanol–water partition coefficient (Wildman–Crippen LogP) is 0.0478. The van der Waals surface area contributed by atoms with Gasteiger partial charge in [-0.3, -0.25) is 0 Å². The third-order valence-electron chi connectivity index (χ3n) is 2.03. The molecule has 0 atom stereocenters. The zero-order valence-electron chi connectivity index (χ0n) is 7.12. The molecular weight excluding hydrogens is 153 g/mol. The molecular formula is C6H16KNSi. The Morgan fingerprint density at radius 2 is 1.22 bits per heavy atom. The quantitative estimate of drug-likeness (QED) is 0.533. The van der Waals surface area contributed by atoms with Crippen LogP contribution in [0.2, 0.25) is 18.1 Å². The van der Waals surface area contributed by atoms with Gasteiger partial charge in [0.25, 0.3) is 0 Å². The molecule has 0 unspecified atom stereocenters. The molecule has 50 valence electrons. The van der Waals surface area contributed by atoms with Crippen LogP contribution in [-0.4, -0.2) is 8.24 Å². The first-order chi connectivity index (χ1) is 3.68. The molecule has 0 heterocycles. The third-order valence-corrected chi connectivity index (χ3v) is 6.09. The maximum atomic E-state index is 7.81. The van der Waals surface area contributed by atoms with Gasteiger partial charge in [0, 0.05) is 0 Å². The number of hydrogen-bond acceptors (Lipinski definition) is 0. The molecule has 0 saturated carbocycles. The van der Waals surface area contributed by atoms with Crippen LogP contribution >= 0.6 is 0 Å². The van der Waals surface area contributed by atoms with E-state index in [1.165, 1.54) is 0 Å². The molecule has 0 bridgehead atoms. The van der Waals surface area contributed by atoms with Crippen LogP contribution in [0.15, 0.2) is 0 Å². The van der Waals surface area contributed by atoms with Crippen LogP contribution in [0, 0.1) is 0 Å². The maximum absolute atomic E-state index is 7.81. The summed E-state index contributed by atoms with van der Waals surface area (Å²) in [5.41, 5.74) is 0. The van der Waals surface area contributed by atoms with Gasteiger partial charge in [-0.25, -0.2) is 0 Å². The van der Waals surface area contributed by atoms with E-state index in [1.54, 1.807) is 0 Å². The Balaban J connectivity index is 0. The first-order valence-corrected chi connectivity index (χ1v) is 6.05. The van der Waals surface area contributed by atoms with Crippen LogP contribution in [0.4, 0.5) is 0 Å². The number of nitrogens with one attached hydrogen (secondary N) is 1. The fourth-order valence-corrected chi connectivity index (χ4v) is 2.25. The summed E-state index contributed by atoms with van der Waals surface area (Å²) in [5.74, 6) is 0. The molecule has 3 heteroatoms. The zero-order chi connectivity index (χ0) is 6.62. The van der Waals surface area contributed by atoms with Gasteiger partial charge in [-0.15, -0.1) is 0 Å². The number of rotatable bonds is 3. The summed E-state index contributed by atoms with van der Waals surface area (Å²) in [5, 5.41) is 7.81. The topological polar surface area (TPSA) is 23.8 Å². The fourth-order valence-electron chi connectivity index (χ4n) is 0.750. The van der Waals surface area contributed by atoms with Gasteiger partial charge < -0.3 is 5.40 Å². The van der Waals surface area contributed by atoms with Crippen LogP contribution in [0.25, 0.3) is 5.40 Å². The van der Waals surface area contributed by atoms with Gasteiger partial charge >= 0.3 is 51.4 Å². The van der Waals surface area contributed by atoms with Gasteiger partial charge in [0.2, 0.25) is 0 Å². The van der Waals surface area contributed by atoms with Crippen LogP contribution < -0.4 is 51.4 Å². The predicted molar refractivity (Wildman–Crippen MR) is 41.5 cm³/mol. The minimum absolute atomic E-state index is 0. The van der Waals surface area contributed by atoms with Gasteiger partial charge in [-0.1, -0.05) is 47.1 Å². The van der Waals surface area contributed by atoms with E-state index in [1.807, 2.05) is 0 Å². The summed E-state index contributed by atoms with van der Waals surface area (Å²) in [6, 6.07) is 3.38. The van der Waals surface area contributed by atoms with Crippen molar-refractivity contribution >= 4 is 8.24 Å². The van der Waals surface area contributed by atoms with Gasteiger partial charge in [-0.05, 0) is 0 Å². The van der Waals surface area contributed by atoms with Crippen molar-refractivity contribution in [3.63, 3.8) is 0 Å². The molecule has 1 N–H and O–H groups in total. The van der Waals surface area contributed by atoms with Crippen LogP contribution in [0.5, 0.6) is 0 Å². The fraction of sp³-hybridized carbons (Fsp3) is 1.00. The molecule has 0 saturated heterocycles. The summed E-state index contributed by atoms with van der Waals surface area (Å²) in [7, 11) is -1.42. The van der Waals surface area contributed by atoms with Crippen molar-refractivity contribution < 1.29 is 51.4 Å². The summed E-state index contributed by atoms with van der Waals surface area (Å²) in [6.07, 6.45) is 0. The summed E-state index contributed by atoms with van der Waals surface area (Å²) in [4.78, 5) is 0. The second-order valence-corrected chi connectivity index (χ2v) is 7.02. The van der Waals surface area contributed by atoms with E-state index in [0.29, 0.717) is 0 Å². The Kier molecular flexibility index (Phi) is 9.71. The van der Waals surface area contributed by atoms with Crippen molar-refractivity contribution in [2.75, 3.05) is 0 Å². The molecule has 9 heavy (non-hydrogen) atoms. The number of hydrogen-bond donors (Lipinski definition) is 0. The maximum Gasteiger partial charge on any atom is 1.00 e. The van der Waals surface area contributed by atoms with Crippen molar-refractivity contribution in [3.8, 4) is 0 Å². The minimum atomic E-state index is -1.42. The van der Waals surface area contributed by atoms with Crippen molar-refractivity contribution in [1.82, 2.24) is 0 Å². The van der Waals surface area contributed by atoms with Crippen molar-refractivity contribution in [3.05, 3.63) is 5.40 Å². The Labute approximate surface area is 102 Å². The van der Waals surface area contributed by atoms with Gasteiger partial charge in [0.15, 0.2) is 0 Å². The van der Waals surface area contributed by atoms with Crippen LogP contribution in [0.3, 0.4) is 0 Å². The molecule has 0 fully saturated rings. The second kappa shape index (κ2) is 6.52. The zero-order valence-corrected chi connectivity index (χ0v) is 11.2. The van der Waals surface area contributed by atoms with Crippen molar-refractivity contribution in [2.45, 2.75) is 38.9 Å². The molecule has 0 spiro atoms. The largest absolute Gasteiger partial charge is 1.00 e. The molecule has 0 aliphatic heterocycles. The van der Waals surface area contributed by atoms with E-state index in [-0.39, 0.29) is 51.4 Å². The van der Waals surface area contributed by atoms with Crippen LogP contribution in [-0.2, 0) is 0 Å². The molecule has 1 nitrogen and oxygen atoms in total. The van der Waals surface area contributed by atoms with Crippen molar-refractivity contribution in [2.24, 2.45) is 0 Å². The molecule has 0 radical (unpaired) electrons. The molecule has 0 aromatic carbocycles. The summed E-state index contributed by atoms with van der Waals surface area (Å²) >= 11 is 0. The third kappa shape index (κ3) is 5.12. The Morgan fingerprint density at radius 1 is 1.00 bits per heavy atom. The molecule has 0 amide bonds. The minimum Gasteiger partial charge on any atom is -0.679 e. The van der Waals surface area contributed by atoms with Gasteiger partial charge in [0.05, 0.1) is 0 Å². The SMILES string of the molecule is CC[Si]([NH-])(CC)CC.[K+]. The van der Waals surface area contributed by atoms with E-state index in [4.69, 9.17) is 5.40 Å². The van der Waals surface area contributed by atoms with E-state index in [9.17, 15) is 0 Å². The molecule has 0 aromatic rings. The standard InChI is InChI=1S/C6H16NSi.K/c1-4-8(7,5-2)6-3;/h7H,4-6H2,1-3H3;/q-1;+1. The molecule has 0 aromatic heterocycles. The summed E-state index contributed by atoms with van der Waals surface area (Å²) in [6.45, 7) is 6.44. The monoisotopic (exact) mass is 169 g/mol. The van der Waals surface area contributed by atoms with E-state index >= 15 is 0 Å². The van der Waals surface area contributed by atoms with Crippen molar-refractivity contribution in [1.29, 1.82) is 0 Å². The van der Waals surface area contributed by atoms with E-state index in [0.717, 1.165) is 18.1 Å². The smallest absolute Gasteiger partial charge is 0.679 e. The van der Waals surface area contributed by atoms with E-state index in [2.05, 4.69) is 20.8 Å². The summed E-state index contributed by atoms with van der Waals surface area (Å²) < 4.78 is 0. The van der Waals surface area contributed by atoms with Gasteiger partial charge in [-0.2, -0.15) is 0 Å². The van der Waals surface area contributed by atoms with Crippen LogP contribution in [0.1, 0.15) is 20.8 Å².